The van der Waals surface area contributed by atoms with Gasteiger partial charge >= 0.3 is 6.18 Å². The van der Waals surface area contributed by atoms with Crippen molar-refractivity contribution in [3.63, 3.8) is 0 Å². The third-order valence-electron chi connectivity index (χ3n) is 7.31. The van der Waals surface area contributed by atoms with Gasteiger partial charge in [0.15, 0.2) is 5.82 Å². The number of nitrogen functional groups attached to an aromatic ring is 2. The number of nitrogens with two attached hydrogens (primary N) is 2. The molecule has 3 aliphatic rings. The van der Waals surface area contributed by atoms with Crippen molar-refractivity contribution in [3.8, 4) is 0 Å². The summed E-state index contributed by atoms with van der Waals surface area (Å²) in [5, 5.41) is 4.20. The van der Waals surface area contributed by atoms with Gasteiger partial charge in [0.2, 0.25) is 0 Å². The monoisotopic (exact) mass is 430 g/mol. The number of hydrogen-bond donors (Lipinski definition) is 2. The van der Waals surface area contributed by atoms with E-state index in [9.17, 15) is 13.2 Å². The van der Waals surface area contributed by atoms with Crippen molar-refractivity contribution in [1.82, 2.24) is 19.6 Å². The molecule has 4 N–H and O–H groups in total. The summed E-state index contributed by atoms with van der Waals surface area (Å²) < 4.78 is 48.2. The molecule has 2 saturated carbocycles. The van der Waals surface area contributed by atoms with Crippen molar-refractivity contribution in [1.29, 1.82) is 0 Å². The predicted octanol–water partition coefficient (Wildman–Crippen LogP) is 3.52. The van der Waals surface area contributed by atoms with Gasteiger partial charge in [-0.15, -0.1) is 0 Å². The molecule has 4 heterocycles. The maximum Gasteiger partial charge on any atom is 0.395 e. The van der Waals surface area contributed by atoms with Gasteiger partial charge in [0.05, 0.1) is 28.4 Å². The van der Waals surface area contributed by atoms with Crippen molar-refractivity contribution in [2.75, 3.05) is 18.1 Å². The second-order valence-electron chi connectivity index (χ2n) is 8.99. The summed E-state index contributed by atoms with van der Waals surface area (Å²) in [6, 6.07) is 5.90. The van der Waals surface area contributed by atoms with Crippen molar-refractivity contribution in [2.45, 2.75) is 49.3 Å². The number of alkyl halides is 3. The molecule has 0 radical (unpaired) electrons. The summed E-state index contributed by atoms with van der Waals surface area (Å²) in [5.41, 5.74) is 11.7. The largest absolute Gasteiger partial charge is 0.395 e. The Bertz CT molecular complexity index is 1200. The number of pyridine rings is 1. The van der Waals surface area contributed by atoms with Crippen LogP contribution in [0, 0.1) is 5.41 Å². The van der Waals surface area contributed by atoms with Crippen molar-refractivity contribution in [2.24, 2.45) is 5.41 Å². The number of anilines is 2. The van der Waals surface area contributed by atoms with Crippen LogP contribution in [-0.4, -0.2) is 32.4 Å². The van der Waals surface area contributed by atoms with Gasteiger partial charge in [0.1, 0.15) is 5.82 Å². The quantitative estimate of drug-likeness (QED) is 0.659. The summed E-state index contributed by atoms with van der Waals surface area (Å²) in [5.74, 6) is 0.452. The molecule has 7 nitrogen and oxygen atoms in total. The van der Waals surface area contributed by atoms with Crippen LogP contribution >= 0.6 is 0 Å². The van der Waals surface area contributed by atoms with Gasteiger partial charge in [0, 0.05) is 30.3 Å². The first-order valence-electron chi connectivity index (χ1n) is 10.3. The van der Waals surface area contributed by atoms with Gasteiger partial charge in [0.25, 0.3) is 0 Å². The standard InChI is InChI=1S/C21H21F3N6O/c22-21(23,24)20-9-19(20,10-20)16-15(25)17(26)29-18(28-16)12-3-6-31-14(8-12)11-2-5-30-13(7-11)1-4-27-30/h1-2,4-5,7,12,14H,3,6,8-10,25H2,(H2,26,28,29). The van der Waals surface area contributed by atoms with Crippen LogP contribution in [0.2, 0.25) is 0 Å². The zero-order chi connectivity index (χ0) is 21.6. The van der Waals surface area contributed by atoms with Crippen molar-refractivity contribution < 1.29 is 17.9 Å². The normalized spacial score (nSPS) is 32.1. The van der Waals surface area contributed by atoms with Gasteiger partial charge in [-0.3, -0.25) is 0 Å². The first kappa shape index (κ1) is 18.9. The highest BCUT2D eigenvalue weighted by molar-refractivity contribution is 5.68. The Kier molecular flexibility index (Phi) is 3.57. The lowest BCUT2D eigenvalue weighted by Gasteiger charge is -2.29. The SMILES string of the molecule is Nc1nc(C2CCOC(c3ccn4nccc4c3)C2)nc(C23CC2(C(F)(F)F)C3)c1N. The molecule has 0 amide bonds. The maximum absolute atomic E-state index is 13.5. The van der Waals surface area contributed by atoms with Crippen molar-refractivity contribution in [3.05, 3.63) is 47.7 Å². The topological polar surface area (TPSA) is 104 Å². The molecule has 1 saturated heterocycles. The number of halogens is 3. The maximum atomic E-state index is 13.5. The van der Waals surface area contributed by atoms with E-state index in [1.54, 1.807) is 10.7 Å². The van der Waals surface area contributed by atoms with Crippen LogP contribution in [0.5, 0.6) is 0 Å². The summed E-state index contributed by atoms with van der Waals surface area (Å²) in [6.45, 7) is 0.500. The summed E-state index contributed by atoms with van der Waals surface area (Å²) in [6.07, 6.45) is 0.539. The number of hydrogen-bond acceptors (Lipinski definition) is 6. The lowest BCUT2D eigenvalue weighted by molar-refractivity contribution is -0.167. The highest BCUT2D eigenvalue weighted by Gasteiger charge is 2.94. The molecule has 162 valence electrons. The zero-order valence-corrected chi connectivity index (χ0v) is 16.6. The van der Waals surface area contributed by atoms with Gasteiger partial charge in [-0.05, 0) is 49.4 Å². The lowest BCUT2D eigenvalue weighted by Crippen LogP contribution is -2.22. The molecule has 0 spiro atoms. The van der Waals surface area contributed by atoms with Gasteiger partial charge in [-0.25, -0.2) is 14.5 Å². The van der Waals surface area contributed by atoms with Crippen LogP contribution in [0.4, 0.5) is 24.7 Å². The highest BCUT2D eigenvalue weighted by atomic mass is 19.4. The van der Waals surface area contributed by atoms with E-state index in [1.807, 2.05) is 24.4 Å². The van der Waals surface area contributed by atoms with E-state index in [4.69, 9.17) is 16.2 Å². The Morgan fingerprint density at radius 2 is 1.97 bits per heavy atom. The molecule has 3 aromatic rings. The summed E-state index contributed by atoms with van der Waals surface area (Å²) in [7, 11) is 0. The van der Waals surface area contributed by atoms with Crippen LogP contribution in [0.1, 0.15) is 54.8 Å². The number of rotatable bonds is 3. The van der Waals surface area contributed by atoms with Gasteiger partial charge < -0.3 is 16.2 Å². The molecule has 1 aliphatic heterocycles. The average molecular weight is 430 g/mol. The molecular formula is C21H21F3N6O. The Morgan fingerprint density at radius 1 is 1.16 bits per heavy atom. The molecule has 31 heavy (non-hydrogen) atoms. The first-order chi connectivity index (χ1) is 14.7. The van der Waals surface area contributed by atoms with E-state index >= 15 is 0 Å². The van der Waals surface area contributed by atoms with Crippen LogP contribution in [-0.2, 0) is 10.2 Å². The van der Waals surface area contributed by atoms with E-state index in [-0.39, 0.29) is 42.1 Å². The minimum atomic E-state index is -4.25. The molecule has 2 atom stereocenters. The van der Waals surface area contributed by atoms with Crippen LogP contribution < -0.4 is 11.5 Å². The molecule has 3 aromatic heterocycles. The molecule has 0 bridgehead atoms. The van der Waals surface area contributed by atoms with E-state index in [0.29, 0.717) is 25.3 Å². The van der Waals surface area contributed by atoms with E-state index < -0.39 is 17.0 Å². The van der Waals surface area contributed by atoms with E-state index in [2.05, 4.69) is 15.1 Å². The minimum absolute atomic E-state index is 0.0331. The average Bonchev–Trinajstić information content (AvgIpc) is 3.51. The molecule has 2 unspecified atom stereocenters. The Morgan fingerprint density at radius 3 is 2.71 bits per heavy atom. The predicted molar refractivity (Wildman–Crippen MR) is 106 cm³/mol. The third-order valence-corrected chi connectivity index (χ3v) is 7.31. The number of nitrogens with zero attached hydrogens (tertiary/aromatic N) is 4. The molecule has 2 aliphatic carbocycles. The third kappa shape index (κ3) is 2.54. The van der Waals surface area contributed by atoms with Crippen LogP contribution in [0.25, 0.3) is 5.52 Å². The second-order valence-corrected chi connectivity index (χ2v) is 8.99. The summed E-state index contributed by atoms with van der Waals surface area (Å²) >= 11 is 0. The summed E-state index contributed by atoms with van der Waals surface area (Å²) in [4.78, 5) is 8.94. The van der Waals surface area contributed by atoms with Crippen molar-refractivity contribution >= 4 is 17.0 Å². The van der Waals surface area contributed by atoms with Gasteiger partial charge in [-0.1, -0.05) is 0 Å². The smallest absolute Gasteiger partial charge is 0.394 e. The Labute approximate surface area is 175 Å². The molecule has 6 rings (SSSR count). The molecular weight excluding hydrogens is 409 g/mol. The first-order valence-corrected chi connectivity index (χ1v) is 10.3. The van der Waals surface area contributed by atoms with Gasteiger partial charge in [-0.2, -0.15) is 18.3 Å². The fourth-order valence-corrected chi connectivity index (χ4v) is 5.21. The second kappa shape index (κ2) is 5.87. The number of aromatic nitrogens is 4. The van der Waals surface area contributed by atoms with E-state index in [0.717, 1.165) is 11.1 Å². The minimum Gasteiger partial charge on any atom is -0.394 e. The lowest BCUT2D eigenvalue weighted by atomic mass is 9.91. The molecule has 10 heteroatoms. The fraction of sp³-hybridized carbons (Fsp3) is 0.476. The fourth-order valence-electron chi connectivity index (χ4n) is 5.21. The van der Waals surface area contributed by atoms with Crippen LogP contribution in [0.15, 0.2) is 30.6 Å². The number of fused-ring (bicyclic) bond motifs is 2. The Hall–Kier alpha value is -2.88. The molecule has 3 fully saturated rings. The molecule has 0 aromatic carbocycles. The van der Waals surface area contributed by atoms with Crippen LogP contribution in [0.3, 0.4) is 0 Å². The Balaban J connectivity index is 1.30. The highest BCUT2D eigenvalue weighted by Crippen LogP contribution is 2.91. The number of ether oxygens (including phenoxy) is 1. The van der Waals surface area contributed by atoms with E-state index in [1.165, 1.54) is 0 Å². The zero-order valence-electron chi connectivity index (χ0n) is 16.6.